The number of hydrogen-bond donors (Lipinski definition) is 2. The highest BCUT2D eigenvalue weighted by Crippen LogP contribution is 2.28. The van der Waals surface area contributed by atoms with Crippen molar-refractivity contribution in [2.24, 2.45) is 0 Å². The number of fused-ring (bicyclic) bond motifs is 1. The third-order valence-electron chi connectivity index (χ3n) is 4.22. The molecular formula is C16H19N3O3. The normalized spacial score (nSPS) is 24.9. The van der Waals surface area contributed by atoms with Gasteiger partial charge < -0.3 is 19.8 Å². The molecule has 0 saturated carbocycles. The molecule has 0 unspecified atom stereocenters. The van der Waals surface area contributed by atoms with Crippen LogP contribution in [-0.2, 0) is 14.3 Å². The molecule has 4 rings (SSSR count). The molecule has 22 heavy (non-hydrogen) atoms. The third-order valence-corrected chi connectivity index (χ3v) is 4.22. The van der Waals surface area contributed by atoms with Gasteiger partial charge in [0.25, 0.3) is 5.91 Å². The summed E-state index contributed by atoms with van der Waals surface area (Å²) in [6, 6.07) is 5.69. The first-order chi connectivity index (χ1) is 10.8. The van der Waals surface area contributed by atoms with Crippen molar-refractivity contribution in [3.05, 3.63) is 24.0 Å². The fourth-order valence-corrected chi connectivity index (χ4v) is 3.06. The Balaban J connectivity index is 1.53. The maximum Gasteiger partial charge on any atom is 0.253 e. The van der Waals surface area contributed by atoms with Gasteiger partial charge in [0.15, 0.2) is 0 Å². The van der Waals surface area contributed by atoms with Crippen LogP contribution in [0.25, 0.3) is 11.0 Å². The number of carbonyl (C=O) groups is 1. The maximum atomic E-state index is 12.1. The van der Waals surface area contributed by atoms with Gasteiger partial charge >= 0.3 is 0 Å². The number of nitrogens with one attached hydrogen (secondary N) is 2. The Morgan fingerprint density at radius 3 is 2.86 bits per heavy atom. The molecule has 0 spiro atoms. The van der Waals surface area contributed by atoms with Crippen LogP contribution in [0.3, 0.4) is 0 Å². The van der Waals surface area contributed by atoms with Crippen molar-refractivity contribution in [1.82, 2.24) is 9.97 Å². The zero-order valence-corrected chi connectivity index (χ0v) is 12.3. The minimum absolute atomic E-state index is 0.0670. The molecule has 2 aliphatic heterocycles. The zero-order chi connectivity index (χ0) is 14.9. The van der Waals surface area contributed by atoms with Crippen LogP contribution < -0.4 is 5.32 Å². The van der Waals surface area contributed by atoms with Crippen LogP contribution in [0.1, 0.15) is 37.6 Å². The number of amides is 1. The molecule has 1 aromatic heterocycles. The van der Waals surface area contributed by atoms with Crippen molar-refractivity contribution in [2.75, 3.05) is 18.5 Å². The maximum absolute atomic E-state index is 12.1. The lowest BCUT2D eigenvalue weighted by atomic mass is 10.2. The van der Waals surface area contributed by atoms with Crippen LogP contribution in [0.2, 0.25) is 0 Å². The van der Waals surface area contributed by atoms with Crippen LogP contribution in [-0.4, -0.2) is 35.2 Å². The lowest BCUT2D eigenvalue weighted by Gasteiger charge is -2.10. The molecule has 2 atom stereocenters. The smallest absolute Gasteiger partial charge is 0.253 e. The second kappa shape index (κ2) is 5.70. The standard InChI is InChI=1S/C16H19N3O3/c20-16(14-4-2-8-22-14)17-10-5-6-11-12(9-10)19-15(18-11)13-3-1-7-21-13/h5-6,9,13-14H,1-4,7-8H2,(H,17,20)(H,18,19)/t13-,14+/m1/s1. The van der Waals surface area contributed by atoms with E-state index in [-0.39, 0.29) is 18.1 Å². The number of aromatic nitrogens is 2. The number of anilines is 1. The summed E-state index contributed by atoms with van der Waals surface area (Å²) in [5, 5.41) is 2.91. The molecule has 116 valence electrons. The van der Waals surface area contributed by atoms with Crippen molar-refractivity contribution < 1.29 is 14.3 Å². The van der Waals surface area contributed by atoms with E-state index in [2.05, 4.69) is 15.3 Å². The number of benzene rings is 1. The number of aromatic amines is 1. The van der Waals surface area contributed by atoms with E-state index in [0.717, 1.165) is 54.8 Å². The predicted molar refractivity (Wildman–Crippen MR) is 81.6 cm³/mol. The Bertz CT molecular complexity index is 685. The number of carbonyl (C=O) groups excluding carboxylic acids is 1. The first-order valence-electron chi connectivity index (χ1n) is 7.83. The average Bonchev–Trinajstić information content (AvgIpc) is 3.26. The summed E-state index contributed by atoms with van der Waals surface area (Å²) in [6.07, 6.45) is 3.56. The largest absolute Gasteiger partial charge is 0.370 e. The lowest BCUT2D eigenvalue weighted by Crippen LogP contribution is -2.26. The Hall–Kier alpha value is -1.92. The van der Waals surface area contributed by atoms with Gasteiger partial charge in [0.2, 0.25) is 0 Å². The summed E-state index contributed by atoms with van der Waals surface area (Å²) in [5.74, 6) is 0.797. The summed E-state index contributed by atoms with van der Waals surface area (Å²) in [6.45, 7) is 1.47. The van der Waals surface area contributed by atoms with Crippen molar-refractivity contribution in [3.63, 3.8) is 0 Å². The fourth-order valence-electron chi connectivity index (χ4n) is 3.06. The Labute approximate surface area is 128 Å². The van der Waals surface area contributed by atoms with Crippen molar-refractivity contribution in [1.29, 1.82) is 0 Å². The van der Waals surface area contributed by atoms with E-state index in [9.17, 15) is 4.79 Å². The Morgan fingerprint density at radius 1 is 1.23 bits per heavy atom. The van der Waals surface area contributed by atoms with Gasteiger partial charge in [0.1, 0.15) is 18.0 Å². The van der Waals surface area contributed by atoms with Gasteiger partial charge in [-0.25, -0.2) is 4.98 Å². The van der Waals surface area contributed by atoms with Crippen LogP contribution >= 0.6 is 0 Å². The van der Waals surface area contributed by atoms with Crippen molar-refractivity contribution >= 4 is 22.6 Å². The van der Waals surface area contributed by atoms with Crippen molar-refractivity contribution in [2.45, 2.75) is 37.9 Å². The van der Waals surface area contributed by atoms with Gasteiger partial charge in [0.05, 0.1) is 11.0 Å². The van der Waals surface area contributed by atoms with E-state index >= 15 is 0 Å². The molecular weight excluding hydrogens is 282 g/mol. The van der Waals surface area contributed by atoms with Crippen LogP contribution in [0.5, 0.6) is 0 Å². The molecule has 2 aromatic rings. The second-order valence-electron chi connectivity index (χ2n) is 5.85. The van der Waals surface area contributed by atoms with Gasteiger partial charge in [-0.3, -0.25) is 4.79 Å². The highest BCUT2D eigenvalue weighted by atomic mass is 16.5. The van der Waals surface area contributed by atoms with E-state index in [1.165, 1.54) is 0 Å². The summed E-state index contributed by atoms with van der Waals surface area (Å²) in [7, 11) is 0. The molecule has 2 aliphatic rings. The highest BCUT2D eigenvalue weighted by Gasteiger charge is 2.24. The van der Waals surface area contributed by atoms with Gasteiger partial charge in [-0.1, -0.05) is 0 Å². The molecule has 2 fully saturated rings. The number of H-pyrrole nitrogens is 1. The average molecular weight is 301 g/mol. The van der Waals surface area contributed by atoms with Crippen LogP contribution in [0.15, 0.2) is 18.2 Å². The summed E-state index contributed by atoms with van der Waals surface area (Å²) in [4.78, 5) is 20.0. The van der Waals surface area contributed by atoms with E-state index < -0.39 is 0 Å². The number of rotatable bonds is 3. The van der Waals surface area contributed by atoms with Gasteiger partial charge in [0, 0.05) is 18.9 Å². The number of nitrogens with zero attached hydrogens (tertiary/aromatic N) is 1. The lowest BCUT2D eigenvalue weighted by molar-refractivity contribution is -0.124. The predicted octanol–water partition coefficient (Wildman–Crippen LogP) is 2.53. The topological polar surface area (TPSA) is 76.2 Å². The molecule has 2 saturated heterocycles. The van der Waals surface area contributed by atoms with Gasteiger partial charge in [-0.05, 0) is 43.9 Å². The minimum atomic E-state index is -0.320. The first-order valence-corrected chi connectivity index (χ1v) is 7.83. The molecule has 0 aliphatic carbocycles. The SMILES string of the molecule is O=C(Nc1ccc2nc([C@H]3CCCO3)[nH]c2c1)[C@@H]1CCCO1. The molecule has 0 bridgehead atoms. The molecule has 0 radical (unpaired) electrons. The third kappa shape index (κ3) is 2.60. The monoisotopic (exact) mass is 301 g/mol. The van der Waals surface area contributed by atoms with Crippen LogP contribution in [0, 0.1) is 0 Å². The van der Waals surface area contributed by atoms with E-state index in [1.54, 1.807) is 0 Å². The fraction of sp³-hybridized carbons (Fsp3) is 0.500. The van der Waals surface area contributed by atoms with Gasteiger partial charge in [-0.15, -0.1) is 0 Å². The number of hydrogen-bond acceptors (Lipinski definition) is 4. The first kappa shape index (κ1) is 13.7. The molecule has 1 amide bonds. The molecule has 6 nitrogen and oxygen atoms in total. The summed E-state index contributed by atoms with van der Waals surface area (Å²) in [5.41, 5.74) is 2.56. The molecule has 6 heteroatoms. The Kier molecular flexibility index (Phi) is 3.56. The molecule has 3 heterocycles. The van der Waals surface area contributed by atoms with Crippen molar-refractivity contribution in [3.8, 4) is 0 Å². The van der Waals surface area contributed by atoms with E-state index in [1.807, 2.05) is 18.2 Å². The number of imidazole rings is 1. The van der Waals surface area contributed by atoms with Gasteiger partial charge in [-0.2, -0.15) is 0 Å². The second-order valence-corrected chi connectivity index (χ2v) is 5.85. The zero-order valence-electron chi connectivity index (χ0n) is 12.3. The summed E-state index contributed by atoms with van der Waals surface area (Å²) >= 11 is 0. The molecule has 2 N–H and O–H groups in total. The molecule has 1 aromatic carbocycles. The summed E-state index contributed by atoms with van der Waals surface area (Å²) < 4.78 is 11.0. The number of ether oxygens (including phenoxy) is 2. The quantitative estimate of drug-likeness (QED) is 0.913. The van der Waals surface area contributed by atoms with E-state index in [0.29, 0.717) is 6.61 Å². The van der Waals surface area contributed by atoms with Crippen LogP contribution in [0.4, 0.5) is 5.69 Å². The Morgan fingerprint density at radius 2 is 2.09 bits per heavy atom. The highest BCUT2D eigenvalue weighted by molar-refractivity contribution is 5.96. The minimum Gasteiger partial charge on any atom is -0.370 e. The van der Waals surface area contributed by atoms with E-state index in [4.69, 9.17) is 9.47 Å².